The minimum Gasteiger partial charge on any atom is -0.465 e. The molecule has 6 fully saturated rings. The van der Waals surface area contributed by atoms with Gasteiger partial charge in [-0.05, 0) is 143 Å². The number of nitro groups is 1. The number of carbonyl (C=O) groups is 2. The molecule has 7 aliphatic rings. The Morgan fingerprint density at radius 1 is 0.739 bits per heavy atom. The average Bonchev–Trinajstić information content (AvgIpc) is 3.78. The summed E-state index contributed by atoms with van der Waals surface area (Å²) in [7, 11) is 0. The second-order valence-electron chi connectivity index (χ2n) is 20.3. The number of nitrogens with zero attached hydrogens (tertiary/aromatic N) is 9. The molecule has 4 aromatic rings. The summed E-state index contributed by atoms with van der Waals surface area (Å²) >= 11 is 0. The highest BCUT2D eigenvalue weighted by Crippen LogP contribution is 2.53. The van der Waals surface area contributed by atoms with Gasteiger partial charge in [0.25, 0.3) is 0 Å². The summed E-state index contributed by atoms with van der Waals surface area (Å²) in [6, 6.07) is 17.1. The van der Waals surface area contributed by atoms with Crippen LogP contribution in [0.5, 0.6) is 12.0 Å². The number of carbonyl (C=O) groups excluding carboxylic acids is 2. The number of likely N-dealkylation sites (tertiary alicyclic amines) is 2. The van der Waals surface area contributed by atoms with Gasteiger partial charge in [-0.25, -0.2) is 0 Å². The maximum absolute atomic E-state index is 12.5. The van der Waals surface area contributed by atoms with Crippen molar-refractivity contribution in [3.63, 3.8) is 0 Å². The van der Waals surface area contributed by atoms with Gasteiger partial charge in [0, 0.05) is 38.2 Å². The minimum absolute atomic E-state index is 0.000966. The van der Waals surface area contributed by atoms with Crippen LogP contribution in [0, 0.1) is 33.8 Å². The normalized spacial score (nSPS) is 24.5. The van der Waals surface area contributed by atoms with E-state index in [4.69, 9.17) is 30.7 Å². The van der Waals surface area contributed by atoms with Crippen LogP contribution in [0.1, 0.15) is 98.9 Å². The van der Waals surface area contributed by atoms with Gasteiger partial charge in [0.15, 0.2) is 5.78 Å². The second kappa shape index (κ2) is 20.4. The molecule has 2 aromatic carbocycles. The molecule has 4 saturated carbocycles. The molecule has 6 atom stereocenters. The molecule has 2 unspecified atom stereocenters. The van der Waals surface area contributed by atoms with Crippen LogP contribution in [0.2, 0.25) is 0 Å². The SMILES string of the molecule is CCOC(=O)CN(Cc1cccc(CN2CCCC2)c1)c1nc(OC2C[C@@H]3C[C@@H]3C2)nc(N)c1[N+](=O)[O-].Nc1nc(OC2C[C@@H]3C[C@@H]3C2)nc2c1CC(=O)CN2Cc1cccc(CN2CCCC2)c1. The first kappa shape index (κ1) is 46.6. The number of ether oxygens (including phenoxy) is 3. The zero-order valence-electron chi connectivity index (χ0n) is 39.7. The number of aromatic nitrogens is 4. The highest BCUT2D eigenvalue weighted by Gasteiger charge is 2.48. The largest absolute Gasteiger partial charge is 0.465 e. The minimum atomic E-state index is -0.610. The number of anilines is 4. The molecule has 5 heterocycles. The van der Waals surface area contributed by atoms with Gasteiger partial charge in [0.05, 0.1) is 18.1 Å². The van der Waals surface area contributed by atoms with Crippen LogP contribution in [-0.4, -0.2) is 104 Å². The van der Waals surface area contributed by atoms with E-state index in [-0.39, 0.29) is 55.3 Å². The van der Waals surface area contributed by atoms with Gasteiger partial charge < -0.3 is 35.5 Å². The van der Waals surface area contributed by atoms with Crippen LogP contribution in [-0.2, 0) is 46.9 Å². The highest BCUT2D eigenvalue weighted by molar-refractivity contribution is 5.91. The van der Waals surface area contributed by atoms with Crippen molar-refractivity contribution in [1.29, 1.82) is 0 Å². The predicted molar refractivity (Wildman–Crippen MR) is 259 cm³/mol. The smallest absolute Gasteiger partial charge is 0.353 e. The molecule has 0 spiro atoms. The fraction of sp³-hybridized carbons (Fsp3) is 0.569. The standard InChI is InChI=1S/C26H34N6O5.C25H31N5O2/c1-2-36-22(33)16-31(15-18-7-5-6-17(10-18)14-30-8-3-4-9-30)25-23(32(34)35)24(27)28-26(29-25)37-21-12-19-11-20(19)13-21;26-23-22-12-20(31)15-30(14-17-5-3-4-16(8-17)13-29-6-1-2-7-29)24(22)28-25(27-23)32-21-10-18-9-19(18)11-21/h5-7,10,19-21H,2-4,8-9,11-16H2,1H3,(H2,27,28,29);3-5,8,18-19,21H,1-2,6-7,9-15H2,(H2,26,27,28)/t19-,20+,21?;18-,19+,21?. The van der Waals surface area contributed by atoms with Gasteiger partial charge in [-0.1, -0.05) is 48.5 Å². The van der Waals surface area contributed by atoms with Crippen molar-refractivity contribution in [3.05, 3.63) is 86.5 Å². The summed E-state index contributed by atoms with van der Waals surface area (Å²) in [6.07, 6.45) is 12.1. The van der Waals surface area contributed by atoms with Crippen LogP contribution in [0.4, 0.5) is 29.0 Å². The van der Waals surface area contributed by atoms with Crippen LogP contribution >= 0.6 is 0 Å². The third-order valence-electron chi connectivity index (χ3n) is 14.9. The van der Waals surface area contributed by atoms with Crippen molar-refractivity contribution in [2.45, 2.75) is 116 Å². The number of ketones is 1. The van der Waals surface area contributed by atoms with Gasteiger partial charge in [-0.2, -0.15) is 19.9 Å². The predicted octanol–water partition coefficient (Wildman–Crippen LogP) is 6.27. The molecular formula is C51H65N11O7. The number of esters is 1. The molecule has 2 saturated heterocycles. The second-order valence-corrected chi connectivity index (χ2v) is 20.3. The fourth-order valence-corrected chi connectivity index (χ4v) is 11.4. The zero-order chi connectivity index (χ0) is 47.6. The third-order valence-corrected chi connectivity index (χ3v) is 14.9. The Labute approximate surface area is 403 Å². The Kier molecular flexibility index (Phi) is 13.8. The lowest BCUT2D eigenvalue weighted by Gasteiger charge is -2.30. The number of fused-ring (bicyclic) bond motifs is 3. The number of nitrogen functional groups attached to an aromatic ring is 2. The van der Waals surface area contributed by atoms with Crippen LogP contribution in [0.15, 0.2) is 48.5 Å². The number of Topliss-reactive ketones (excluding diaryl/α,β-unsaturated/α-hetero) is 1. The molecule has 0 amide bonds. The van der Waals surface area contributed by atoms with E-state index >= 15 is 0 Å². The molecule has 2 aromatic heterocycles. The average molecular weight is 944 g/mol. The number of benzene rings is 2. The molecule has 18 nitrogen and oxygen atoms in total. The molecule has 69 heavy (non-hydrogen) atoms. The lowest BCUT2D eigenvalue weighted by Crippen LogP contribution is -2.37. The lowest BCUT2D eigenvalue weighted by atomic mass is 10.0. The van der Waals surface area contributed by atoms with E-state index in [0.717, 1.165) is 86.2 Å². The summed E-state index contributed by atoms with van der Waals surface area (Å²) in [4.78, 5) is 62.6. The topological polar surface area (TPSA) is 222 Å². The van der Waals surface area contributed by atoms with Gasteiger partial charge >= 0.3 is 23.7 Å². The summed E-state index contributed by atoms with van der Waals surface area (Å²) in [6.45, 7) is 9.20. The third kappa shape index (κ3) is 11.5. The zero-order valence-corrected chi connectivity index (χ0v) is 39.7. The molecule has 0 radical (unpaired) electrons. The molecular weight excluding hydrogens is 879 g/mol. The number of rotatable bonds is 17. The number of hydrogen-bond acceptors (Lipinski definition) is 17. The Bertz CT molecular complexity index is 2510. The molecule has 18 heteroatoms. The summed E-state index contributed by atoms with van der Waals surface area (Å²) in [5, 5.41) is 12.0. The van der Waals surface area contributed by atoms with Gasteiger partial charge in [0.2, 0.25) is 11.6 Å². The van der Waals surface area contributed by atoms with Crippen LogP contribution in [0.25, 0.3) is 0 Å². The Balaban J connectivity index is 0.000000162. The Hall–Kier alpha value is -6.14. The number of nitrogens with two attached hydrogens (primary N) is 2. The first-order valence-electron chi connectivity index (χ1n) is 25.1. The first-order valence-corrected chi connectivity index (χ1v) is 25.1. The van der Waals surface area contributed by atoms with Crippen LogP contribution in [0.3, 0.4) is 0 Å². The molecule has 3 aliphatic heterocycles. The van der Waals surface area contributed by atoms with Crippen molar-refractivity contribution in [2.24, 2.45) is 23.7 Å². The molecule has 4 N–H and O–H groups in total. The van der Waals surface area contributed by atoms with Crippen LogP contribution < -0.4 is 30.7 Å². The maximum atomic E-state index is 12.5. The van der Waals surface area contributed by atoms with E-state index in [1.165, 1.54) is 67.6 Å². The van der Waals surface area contributed by atoms with Crippen molar-refractivity contribution in [1.82, 2.24) is 29.7 Å². The van der Waals surface area contributed by atoms with Gasteiger partial charge in [-0.15, -0.1) is 0 Å². The number of hydrogen-bond donors (Lipinski definition) is 2. The quantitative estimate of drug-likeness (QED) is 0.0676. The summed E-state index contributed by atoms with van der Waals surface area (Å²) < 4.78 is 17.3. The van der Waals surface area contributed by atoms with Gasteiger partial charge in [0.1, 0.15) is 30.4 Å². The maximum Gasteiger partial charge on any atom is 0.353 e. The van der Waals surface area contributed by atoms with Crippen molar-refractivity contribution in [3.8, 4) is 12.0 Å². The van der Waals surface area contributed by atoms with Crippen molar-refractivity contribution < 1.29 is 28.7 Å². The first-order chi connectivity index (χ1) is 33.5. The lowest BCUT2D eigenvalue weighted by molar-refractivity contribution is -0.383. The van der Waals surface area contributed by atoms with E-state index in [1.54, 1.807) is 6.92 Å². The Morgan fingerprint density at radius 3 is 1.83 bits per heavy atom. The van der Waals surface area contributed by atoms with E-state index in [1.807, 2.05) is 17.0 Å². The highest BCUT2D eigenvalue weighted by atomic mass is 16.6. The van der Waals surface area contributed by atoms with Gasteiger partial charge in [-0.3, -0.25) is 29.5 Å². The molecule has 4 aliphatic carbocycles. The van der Waals surface area contributed by atoms with Crippen molar-refractivity contribution >= 4 is 40.7 Å². The summed E-state index contributed by atoms with van der Waals surface area (Å²) in [5.74, 6) is 3.45. The van der Waals surface area contributed by atoms with E-state index in [9.17, 15) is 19.7 Å². The molecule has 11 rings (SSSR count). The molecule has 366 valence electrons. The fourth-order valence-electron chi connectivity index (χ4n) is 11.4. The molecule has 0 bridgehead atoms. The van der Waals surface area contributed by atoms with Crippen molar-refractivity contribution in [2.75, 3.05) is 67.1 Å². The van der Waals surface area contributed by atoms with E-state index < -0.39 is 16.6 Å². The van der Waals surface area contributed by atoms with E-state index in [0.29, 0.717) is 43.2 Å². The Morgan fingerprint density at radius 2 is 1.26 bits per heavy atom. The monoisotopic (exact) mass is 944 g/mol. The van der Waals surface area contributed by atoms with E-state index in [2.05, 4.69) is 61.1 Å². The summed E-state index contributed by atoms with van der Waals surface area (Å²) in [5.41, 5.74) is 17.1.